The minimum absolute atomic E-state index is 0.213. The van der Waals surface area contributed by atoms with E-state index in [4.69, 9.17) is 9.47 Å². The highest BCUT2D eigenvalue weighted by Crippen LogP contribution is 2.34. The van der Waals surface area contributed by atoms with Crippen LogP contribution in [0.5, 0.6) is 0 Å². The maximum atomic E-state index is 13.3. The molecule has 0 aromatic heterocycles. The van der Waals surface area contributed by atoms with Crippen molar-refractivity contribution >= 4 is 45.5 Å². The van der Waals surface area contributed by atoms with E-state index >= 15 is 0 Å². The number of nitrogens with zero attached hydrogens (tertiary/aromatic N) is 1. The average molecular weight is 554 g/mol. The standard InChI is InChI=1S/C27H24BrNO7/c1-3-15-35-25(33)27(26(34)36-16-4-2,17-22(30)18-9-11-19(28)12-10-18)13-14-29-23(31)20-7-5-6-8-21(20)24(29)32/h3-12H,1-2,13-17H2. The number of carbonyl (C=O) groups excluding carboxylic acids is 5. The number of rotatable bonds is 12. The molecule has 0 aliphatic carbocycles. The van der Waals surface area contributed by atoms with E-state index in [0.29, 0.717) is 0 Å². The van der Waals surface area contributed by atoms with E-state index in [1.165, 1.54) is 24.3 Å². The molecule has 0 N–H and O–H groups in total. The van der Waals surface area contributed by atoms with Gasteiger partial charge < -0.3 is 9.47 Å². The van der Waals surface area contributed by atoms with Crippen molar-refractivity contribution in [3.05, 3.63) is 95.0 Å². The van der Waals surface area contributed by atoms with E-state index in [0.717, 1.165) is 9.37 Å². The van der Waals surface area contributed by atoms with Gasteiger partial charge in [-0.25, -0.2) is 0 Å². The molecular weight excluding hydrogens is 530 g/mol. The predicted octanol–water partition coefficient (Wildman–Crippen LogP) is 4.15. The first-order valence-corrected chi connectivity index (χ1v) is 11.8. The molecule has 0 unspecified atom stereocenters. The lowest BCUT2D eigenvalue weighted by molar-refractivity contribution is -0.172. The maximum Gasteiger partial charge on any atom is 0.324 e. The van der Waals surface area contributed by atoms with Gasteiger partial charge in [0.05, 0.1) is 11.1 Å². The van der Waals surface area contributed by atoms with Crippen molar-refractivity contribution in [3.63, 3.8) is 0 Å². The number of hydrogen-bond donors (Lipinski definition) is 0. The second-order valence-corrected chi connectivity index (χ2v) is 8.94. The van der Waals surface area contributed by atoms with Crippen molar-refractivity contribution < 1.29 is 33.4 Å². The minimum atomic E-state index is -2.12. The fourth-order valence-corrected chi connectivity index (χ4v) is 4.09. The SMILES string of the molecule is C=CCOC(=O)C(CCN1C(=O)c2ccccc2C1=O)(CC(=O)c1ccc(Br)cc1)C(=O)OCC=C. The lowest BCUT2D eigenvalue weighted by atomic mass is 9.78. The Morgan fingerprint density at radius 1 is 0.861 bits per heavy atom. The van der Waals surface area contributed by atoms with E-state index in [1.54, 1.807) is 36.4 Å². The Kier molecular flexibility index (Phi) is 8.71. The molecule has 2 amide bonds. The van der Waals surface area contributed by atoms with Crippen LogP contribution in [-0.2, 0) is 19.1 Å². The van der Waals surface area contributed by atoms with Crippen LogP contribution in [-0.4, -0.2) is 54.2 Å². The van der Waals surface area contributed by atoms with Crippen molar-refractivity contribution in [2.45, 2.75) is 12.8 Å². The Hall–Kier alpha value is -3.85. The van der Waals surface area contributed by atoms with Gasteiger partial charge in [0, 0.05) is 23.0 Å². The summed E-state index contributed by atoms with van der Waals surface area (Å²) < 4.78 is 11.2. The van der Waals surface area contributed by atoms with Crippen LogP contribution in [0.2, 0.25) is 0 Å². The van der Waals surface area contributed by atoms with Gasteiger partial charge in [-0.15, -0.1) is 0 Å². The van der Waals surface area contributed by atoms with Crippen LogP contribution >= 0.6 is 15.9 Å². The molecule has 0 saturated heterocycles. The molecule has 1 aliphatic rings. The number of benzene rings is 2. The highest BCUT2D eigenvalue weighted by atomic mass is 79.9. The van der Waals surface area contributed by atoms with Crippen molar-refractivity contribution in [3.8, 4) is 0 Å². The van der Waals surface area contributed by atoms with Crippen molar-refractivity contribution in [1.82, 2.24) is 4.90 Å². The second-order valence-electron chi connectivity index (χ2n) is 8.02. The summed E-state index contributed by atoms with van der Waals surface area (Å²) >= 11 is 3.30. The number of fused-ring (bicyclic) bond motifs is 1. The van der Waals surface area contributed by atoms with Gasteiger partial charge in [-0.2, -0.15) is 0 Å². The van der Waals surface area contributed by atoms with E-state index in [-0.39, 0.29) is 42.9 Å². The normalized spacial score (nSPS) is 12.6. The highest BCUT2D eigenvalue weighted by molar-refractivity contribution is 9.10. The quantitative estimate of drug-likeness (QED) is 0.128. The van der Waals surface area contributed by atoms with Crippen molar-refractivity contribution in [2.75, 3.05) is 19.8 Å². The monoisotopic (exact) mass is 553 g/mol. The molecular formula is C27H24BrNO7. The third-order valence-electron chi connectivity index (χ3n) is 5.71. The van der Waals surface area contributed by atoms with Gasteiger partial charge in [-0.3, -0.25) is 28.9 Å². The molecule has 186 valence electrons. The molecule has 1 aliphatic heterocycles. The maximum absolute atomic E-state index is 13.3. The lowest BCUT2D eigenvalue weighted by Gasteiger charge is -2.30. The zero-order valence-corrected chi connectivity index (χ0v) is 21.0. The molecule has 8 nitrogen and oxygen atoms in total. The van der Waals surface area contributed by atoms with Gasteiger partial charge in [-0.05, 0) is 30.7 Å². The van der Waals surface area contributed by atoms with Crippen LogP contribution in [0.4, 0.5) is 0 Å². The molecule has 0 fully saturated rings. The molecule has 0 atom stereocenters. The van der Waals surface area contributed by atoms with E-state index in [9.17, 15) is 24.0 Å². The molecule has 36 heavy (non-hydrogen) atoms. The molecule has 2 aromatic rings. The predicted molar refractivity (Wildman–Crippen MR) is 134 cm³/mol. The number of esters is 2. The Labute approximate surface area is 216 Å². The van der Waals surface area contributed by atoms with Crippen LogP contribution in [0, 0.1) is 5.41 Å². The van der Waals surface area contributed by atoms with Crippen molar-refractivity contribution in [2.24, 2.45) is 5.41 Å². The van der Waals surface area contributed by atoms with E-state index in [2.05, 4.69) is 29.1 Å². The number of hydrogen-bond acceptors (Lipinski definition) is 7. The Bertz CT molecular complexity index is 1160. The summed E-state index contributed by atoms with van der Waals surface area (Å²) in [6.45, 7) is 6.26. The van der Waals surface area contributed by atoms with Crippen LogP contribution in [0.15, 0.2) is 78.3 Å². The topological polar surface area (TPSA) is 107 Å². The number of ketones is 1. The van der Waals surface area contributed by atoms with Gasteiger partial charge in [0.2, 0.25) is 0 Å². The number of ether oxygens (including phenoxy) is 2. The van der Waals surface area contributed by atoms with Crippen molar-refractivity contribution in [1.29, 1.82) is 0 Å². The molecule has 0 radical (unpaired) electrons. The summed E-state index contributed by atoms with van der Waals surface area (Å²) in [5, 5.41) is 0. The minimum Gasteiger partial charge on any atom is -0.461 e. The molecule has 9 heteroatoms. The number of imide groups is 1. The Morgan fingerprint density at radius 2 is 1.36 bits per heavy atom. The third kappa shape index (κ3) is 5.52. The van der Waals surface area contributed by atoms with Gasteiger partial charge in [-0.1, -0.05) is 65.5 Å². The summed E-state index contributed by atoms with van der Waals surface area (Å²) in [7, 11) is 0. The largest absolute Gasteiger partial charge is 0.461 e. The molecule has 0 saturated carbocycles. The molecule has 2 aromatic carbocycles. The van der Waals surface area contributed by atoms with Crippen LogP contribution < -0.4 is 0 Å². The van der Waals surface area contributed by atoms with E-state index in [1.807, 2.05) is 0 Å². The van der Waals surface area contributed by atoms with Gasteiger partial charge in [0.1, 0.15) is 13.2 Å². The summed E-state index contributed by atoms with van der Waals surface area (Å²) in [5.41, 5.74) is -1.41. The average Bonchev–Trinajstić information content (AvgIpc) is 3.13. The highest BCUT2D eigenvalue weighted by Gasteiger charge is 2.51. The third-order valence-corrected chi connectivity index (χ3v) is 6.24. The summed E-state index contributed by atoms with van der Waals surface area (Å²) in [6.07, 6.45) is 1.66. The number of Topliss-reactive ketones (excluding diaryl/α,β-unsaturated/α-hetero) is 1. The lowest BCUT2D eigenvalue weighted by Crippen LogP contribution is -2.47. The smallest absolute Gasteiger partial charge is 0.324 e. The van der Waals surface area contributed by atoms with Gasteiger partial charge >= 0.3 is 11.9 Å². The van der Waals surface area contributed by atoms with Gasteiger partial charge in [0.15, 0.2) is 11.2 Å². The van der Waals surface area contributed by atoms with E-state index < -0.39 is 41.4 Å². The fraction of sp³-hybridized carbons (Fsp3) is 0.222. The van der Waals surface area contributed by atoms with Gasteiger partial charge in [0.25, 0.3) is 11.8 Å². The summed E-state index contributed by atoms with van der Waals surface area (Å²) in [5.74, 6) is -3.65. The zero-order valence-electron chi connectivity index (χ0n) is 19.4. The second kappa shape index (κ2) is 11.7. The first-order valence-electron chi connectivity index (χ1n) is 11.1. The zero-order chi connectivity index (χ0) is 26.3. The van der Waals surface area contributed by atoms with Crippen LogP contribution in [0.1, 0.15) is 43.9 Å². The number of carbonyl (C=O) groups is 5. The Morgan fingerprint density at radius 3 is 1.83 bits per heavy atom. The fourth-order valence-electron chi connectivity index (χ4n) is 3.82. The van der Waals surface area contributed by atoms with Crippen LogP contribution in [0.25, 0.3) is 0 Å². The summed E-state index contributed by atoms with van der Waals surface area (Å²) in [4.78, 5) is 66.5. The first kappa shape index (κ1) is 26.7. The van der Waals surface area contributed by atoms with Crippen LogP contribution in [0.3, 0.4) is 0 Å². The summed E-state index contributed by atoms with van der Waals surface area (Å²) in [6, 6.07) is 12.7. The number of halogens is 1. The Balaban J connectivity index is 1.97. The molecule has 1 heterocycles. The molecule has 0 spiro atoms. The number of amides is 2. The molecule has 3 rings (SSSR count). The first-order chi connectivity index (χ1) is 17.2. The molecule has 0 bridgehead atoms.